The zero-order valence-electron chi connectivity index (χ0n) is 17.9. The Morgan fingerprint density at radius 3 is 2.27 bits per heavy atom. The molecule has 1 atom stereocenters. The number of carbonyl (C=O) groups is 3. The lowest BCUT2D eigenvalue weighted by Gasteiger charge is -2.21. The number of methoxy groups -OCH3 is 1. The molecule has 33 heavy (non-hydrogen) atoms. The van der Waals surface area contributed by atoms with Crippen LogP contribution in [0.3, 0.4) is 0 Å². The molecule has 8 heteroatoms. The smallest absolute Gasteiger partial charge is 0.332 e. The average molecular weight is 447 g/mol. The fraction of sp³-hybridized carbons (Fsp3) is 0.160. The quantitative estimate of drug-likeness (QED) is 0.551. The average Bonchev–Trinajstić information content (AvgIpc) is 3.05. The number of anilines is 2. The molecule has 0 aromatic heterocycles. The van der Waals surface area contributed by atoms with E-state index < -0.39 is 29.7 Å². The van der Waals surface area contributed by atoms with Gasteiger partial charge in [-0.3, -0.25) is 9.59 Å². The summed E-state index contributed by atoms with van der Waals surface area (Å²) >= 11 is 0. The Bertz CT molecular complexity index is 1150. The van der Waals surface area contributed by atoms with Crippen LogP contribution in [-0.2, 0) is 16.1 Å². The molecule has 0 bridgehead atoms. The topological polar surface area (TPSA) is 79.0 Å². The second kappa shape index (κ2) is 9.52. The summed E-state index contributed by atoms with van der Waals surface area (Å²) in [6, 6.07) is 19.5. The van der Waals surface area contributed by atoms with E-state index >= 15 is 0 Å². The molecule has 0 saturated carbocycles. The number of halogens is 1. The fourth-order valence-electron chi connectivity index (χ4n) is 3.68. The van der Waals surface area contributed by atoms with Gasteiger partial charge >= 0.3 is 6.03 Å². The van der Waals surface area contributed by atoms with Gasteiger partial charge in [-0.05, 0) is 54.1 Å². The van der Waals surface area contributed by atoms with E-state index in [0.717, 1.165) is 4.90 Å². The maximum Gasteiger partial charge on any atom is 0.332 e. The highest BCUT2D eigenvalue weighted by Crippen LogP contribution is 2.28. The Hall–Kier alpha value is -4.20. The number of urea groups is 1. The first kappa shape index (κ1) is 22.0. The van der Waals surface area contributed by atoms with Crippen LogP contribution in [0.15, 0.2) is 78.9 Å². The summed E-state index contributed by atoms with van der Waals surface area (Å²) in [7, 11) is 1.55. The third-order valence-electron chi connectivity index (χ3n) is 5.35. The van der Waals surface area contributed by atoms with Crippen LogP contribution in [-0.4, -0.2) is 35.9 Å². The molecule has 4 amide bonds. The fourth-order valence-corrected chi connectivity index (χ4v) is 3.68. The van der Waals surface area contributed by atoms with Gasteiger partial charge in [0.2, 0.25) is 5.91 Å². The van der Waals surface area contributed by atoms with Gasteiger partial charge in [-0.25, -0.2) is 14.1 Å². The molecule has 1 heterocycles. The molecule has 0 radical (unpaired) electrons. The van der Waals surface area contributed by atoms with Crippen LogP contribution in [0.2, 0.25) is 0 Å². The molecule has 1 unspecified atom stereocenters. The summed E-state index contributed by atoms with van der Waals surface area (Å²) < 4.78 is 18.4. The van der Waals surface area contributed by atoms with Crippen LogP contribution < -0.4 is 15.0 Å². The van der Waals surface area contributed by atoms with Crippen molar-refractivity contribution in [3.05, 3.63) is 90.2 Å². The molecular weight excluding hydrogens is 425 g/mol. The first-order chi connectivity index (χ1) is 16.0. The second-order valence-corrected chi connectivity index (χ2v) is 7.54. The number of nitrogens with zero attached hydrogens (tertiary/aromatic N) is 2. The van der Waals surface area contributed by atoms with Crippen LogP contribution >= 0.6 is 0 Å². The number of amides is 4. The van der Waals surface area contributed by atoms with Gasteiger partial charge in [0.1, 0.15) is 17.6 Å². The highest BCUT2D eigenvalue weighted by Gasteiger charge is 2.46. The summed E-state index contributed by atoms with van der Waals surface area (Å²) in [6.45, 7) is 0.0642. The number of ether oxygens (including phenoxy) is 1. The van der Waals surface area contributed by atoms with Crippen molar-refractivity contribution in [2.75, 3.05) is 17.3 Å². The molecule has 1 fully saturated rings. The van der Waals surface area contributed by atoms with Crippen LogP contribution in [0.25, 0.3) is 0 Å². The SMILES string of the molecule is COc1ccc(NC(=O)CC2C(=O)N(c3ccccc3)C(=O)N2Cc2ccc(F)cc2)cc1. The highest BCUT2D eigenvalue weighted by atomic mass is 19.1. The predicted molar refractivity (Wildman–Crippen MR) is 121 cm³/mol. The van der Waals surface area contributed by atoms with Gasteiger partial charge in [0.25, 0.3) is 5.91 Å². The summed E-state index contributed by atoms with van der Waals surface area (Å²) in [6.07, 6.45) is -0.221. The van der Waals surface area contributed by atoms with Gasteiger partial charge in [-0.15, -0.1) is 0 Å². The third-order valence-corrected chi connectivity index (χ3v) is 5.35. The molecule has 0 aliphatic carbocycles. The van der Waals surface area contributed by atoms with Crippen LogP contribution in [0.1, 0.15) is 12.0 Å². The van der Waals surface area contributed by atoms with Crippen LogP contribution in [0.4, 0.5) is 20.6 Å². The number of nitrogens with one attached hydrogen (secondary N) is 1. The molecule has 4 rings (SSSR count). The van der Waals surface area contributed by atoms with E-state index in [-0.39, 0.29) is 13.0 Å². The van der Waals surface area contributed by atoms with E-state index in [1.54, 1.807) is 73.8 Å². The Balaban J connectivity index is 1.57. The number of para-hydroxylation sites is 1. The summed E-state index contributed by atoms with van der Waals surface area (Å²) in [5, 5.41) is 2.75. The first-order valence-electron chi connectivity index (χ1n) is 10.3. The van der Waals surface area contributed by atoms with Crippen molar-refractivity contribution < 1.29 is 23.5 Å². The Morgan fingerprint density at radius 1 is 0.970 bits per heavy atom. The summed E-state index contributed by atoms with van der Waals surface area (Å²) in [4.78, 5) is 41.7. The van der Waals surface area contributed by atoms with E-state index in [1.807, 2.05) is 0 Å². The minimum atomic E-state index is -0.999. The Labute approximate surface area is 190 Å². The number of rotatable bonds is 7. The third kappa shape index (κ3) is 4.85. The highest BCUT2D eigenvalue weighted by molar-refractivity contribution is 6.22. The maximum atomic E-state index is 13.3. The minimum absolute atomic E-state index is 0.0642. The van der Waals surface area contributed by atoms with E-state index in [1.165, 1.54) is 17.0 Å². The van der Waals surface area contributed by atoms with Gasteiger partial charge in [0.05, 0.1) is 19.2 Å². The van der Waals surface area contributed by atoms with Crippen molar-refractivity contribution in [3.63, 3.8) is 0 Å². The predicted octanol–water partition coefficient (Wildman–Crippen LogP) is 4.20. The lowest BCUT2D eigenvalue weighted by atomic mass is 10.1. The van der Waals surface area contributed by atoms with Crippen molar-refractivity contribution >= 4 is 29.2 Å². The molecule has 0 spiro atoms. The maximum absolute atomic E-state index is 13.3. The number of imide groups is 1. The second-order valence-electron chi connectivity index (χ2n) is 7.54. The first-order valence-corrected chi connectivity index (χ1v) is 10.3. The molecule has 7 nitrogen and oxygen atoms in total. The van der Waals surface area contributed by atoms with Crippen molar-refractivity contribution in [2.24, 2.45) is 0 Å². The van der Waals surface area contributed by atoms with Gasteiger partial charge < -0.3 is 15.0 Å². The largest absolute Gasteiger partial charge is 0.497 e. The summed E-state index contributed by atoms with van der Waals surface area (Å²) in [5.74, 6) is -0.652. The Kier molecular flexibility index (Phi) is 6.35. The van der Waals surface area contributed by atoms with E-state index in [4.69, 9.17) is 4.74 Å². The minimum Gasteiger partial charge on any atom is -0.497 e. The summed E-state index contributed by atoms with van der Waals surface area (Å²) in [5.41, 5.74) is 1.62. The number of hydrogen-bond acceptors (Lipinski definition) is 4. The monoisotopic (exact) mass is 447 g/mol. The molecule has 1 saturated heterocycles. The molecule has 168 valence electrons. The van der Waals surface area contributed by atoms with Gasteiger partial charge in [-0.2, -0.15) is 0 Å². The molecule has 1 aliphatic heterocycles. The van der Waals surface area contributed by atoms with Crippen LogP contribution in [0.5, 0.6) is 5.75 Å². The van der Waals surface area contributed by atoms with E-state index in [9.17, 15) is 18.8 Å². The normalized spacial score (nSPS) is 15.6. The van der Waals surface area contributed by atoms with Crippen molar-refractivity contribution in [2.45, 2.75) is 19.0 Å². The van der Waals surface area contributed by atoms with E-state index in [0.29, 0.717) is 22.7 Å². The van der Waals surface area contributed by atoms with Crippen molar-refractivity contribution in [1.29, 1.82) is 0 Å². The molecular formula is C25H22FN3O4. The molecule has 1 aliphatic rings. The number of carbonyl (C=O) groups excluding carboxylic acids is 3. The standard InChI is InChI=1S/C25H22FN3O4/c1-33-21-13-11-19(12-14-21)27-23(30)15-22-24(31)29(20-5-3-2-4-6-20)25(32)28(22)16-17-7-9-18(26)10-8-17/h2-14,22H,15-16H2,1H3,(H,27,30). The van der Waals surface area contributed by atoms with Crippen molar-refractivity contribution in [3.8, 4) is 5.75 Å². The zero-order valence-corrected chi connectivity index (χ0v) is 17.9. The molecule has 3 aromatic carbocycles. The Morgan fingerprint density at radius 2 is 1.64 bits per heavy atom. The van der Waals surface area contributed by atoms with E-state index in [2.05, 4.69) is 5.32 Å². The lowest BCUT2D eigenvalue weighted by molar-refractivity contribution is -0.124. The lowest BCUT2D eigenvalue weighted by Crippen LogP contribution is -2.37. The molecule has 1 N–H and O–H groups in total. The molecule has 3 aromatic rings. The van der Waals surface area contributed by atoms with Gasteiger partial charge in [-0.1, -0.05) is 30.3 Å². The van der Waals surface area contributed by atoms with Gasteiger partial charge in [0.15, 0.2) is 0 Å². The number of hydrogen-bond donors (Lipinski definition) is 1. The number of benzene rings is 3. The zero-order chi connectivity index (χ0) is 23.4. The van der Waals surface area contributed by atoms with Crippen molar-refractivity contribution in [1.82, 2.24) is 4.90 Å². The van der Waals surface area contributed by atoms with Gasteiger partial charge in [0, 0.05) is 12.2 Å². The van der Waals surface area contributed by atoms with Crippen LogP contribution in [0, 0.1) is 5.82 Å².